The van der Waals surface area contributed by atoms with Crippen LogP contribution in [-0.4, -0.2) is 0 Å². The molecule has 2 N–H and O–H groups in total. The number of furan rings is 1. The molecular weight excluding hydrogens is 322 g/mol. The smallest absolute Gasteiger partial charge is 0.139 e. The molecule has 1 aromatic carbocycles. The van der Waals surface area contributed by atoms with E-state index < -0.39 is 0 Å². The van der Waals surface area contributed by atoms with Crippen molar-refractivity contribution < 1.29 is 4.42 Å². The summed E-state index contributed by atoms with van der Waals surface area (Å²) in [6.45, 7) is 0. The zero-order valence-electron chi connectivity index (χ0n) is 7.78. The quantitative estimate of drug-likeness (QED) is 0.908. The van der Waals surface area contributed by atoms with E-state index in [1.807, 2.05) is 30.3 Å². The van der Waals surface area contributed by atoms with Crippen LogP contribution >= 0.6 is 31.9 Å². The third-order valence-electron chi connectivity index (χ3n) is 2.16. The highest BCUT2D eigenvalue weighted by atomic mass is 79.9. The van der Waals surface area contributed by atoms with Gasteiger partial charge in [-0.2, -0.15) is 0 Å². The Kier molecular flexibility index (Phi) is 3.29. The summed E-state index contributed by atoms with van der Waals surface area (Å²) in [7, 11) is 0. The lowest BCUT2D eigenvalue weighted by Crippen LogP contribution is -2.11. The SMILES string of the molecule is NC(c1ccc(Br)cc1)c1occc1Br. The molecule has 1 atom stereocenters. The molecule has 0 aliphatic carbocycles. The van der Waals surface area contributed by atoms with Crippen molar-refractivity contribution in [1.82, 2.24) is 0 Å². The van der Waals surface area contributed by atoms with E-state index in [4.69, 9.17) is 10.2 Å². The Balaban J connectivity index is 2.32. The summed E-state index contributed by atoms with van der Waals surface area (Å²) in [4.78, 5) is 0. The van der Waals surface area contributed by atoms with Crippen LogP contribution in [0.2, 0.25) is 0 Å². The summed E-state index contributed by atoms with van der Waals surface area (Å²) >= 11 is 6.78. The van der Waals surface area contributed by atoms with Gasteiger partial charge in [0, 0.05) is 4.47 Å². The maximum absolute atomic E-state index is 6.07. The van der Waals surface area contributed by atoms with E-state index in [1.54, 1.807) is 6.26 Å². The summed E-state index contributed by atoms with van der Waals surface area (Å²) < 4.78 is 7.27. The van der Waals surface area contributed by atoms with Gasteiger partial charge < -0.3 is 10.2 Å². The summed E-state index contributed by atoms with van der Waals surface area (Å²) in [5, 5.41) is 0. The van der Waals surface area contributed by atoms with E-state index in [1.165, 1.54) is 0 Å². The molecule has 0 amide bonds. The van der Waals surface area contributed by atoms with Crippen molar-refractivity contribution in [2.45, 2.75) is 6.04 Å². The summed E-state index contributed by atoms with van der Waals surface area (Å²) in [6, 6.07) is 9.49. The molecule has 1 aromatic heterocycles. The second kappa shape index (κ2) is 4.51. The molecule has 1 unspecified atom stereocenters. The summed E-state index contributed by atoms with van der Waals surface area (Å²) in [5.74, 6) is 0.748. The third-order valence-corrected chi connectivity index (χ3v) is 3.34. The Labute approximate surface area is 105 Å². The molecule has 0 fully saturated rings. The van der Waals surface area contributed by atoms with Crippen molar-refractivity contribution in [3.63, 3.8) is 0 Å². The second-order valence-electron chi connectivity index (χ2n) is 3.16. The molecule has 0 spiro atoms. The van der Waals surface area contributed by atoms with Gasteiger partial charge in [-0.3, -0.25) is 0 Å². The molecule has 0 radical (unpaired) electrons. The fraction of sp³-hybridized carbons (Fsp3) is 0.0909. The highest BCUT2D eigenvalue weighted by Gasteiger charge is 2.15. The lowest BCUT2D eigenvalue weighted by molar-refractivity contribution is 0.487. The minimum Gasteiger partial charge on any atom is -0.466 e. The average molecular weight is 331 g/mol. The first-order valence-corrected chi connectivity index (χ1v) is 6.01. The van der Waals surface area contributed by atoms with Crippen molar-refractivity contribution >= 4 is 31.9 Å². The van der Waals surface area contributed by atoms with Crippen molar-refractivity contribution in [2.24, 2.45) is 5.73 Å². The van der Waals surface area contributed by atoms with Crippen LogP contribution in [0.3, 0.4) is 0 Å². The first-order chi connectivity index (χ1) is 7.18. The molecule has 0 aliphatic rings. The molecule has 2 rings (SSSR count). The van der Waals surface area contributed by atoms with Crippen LogP contribution in [0.5, 0.6) is 0 Å². The lowest BCUT2D eigenvalue weighted by atomic mass is 10.1. The van der Waals surface area contributed by atoms with E-state index in [0.717, 1.165) is 20.3 Å². The fourth-order valence-corrected chi connectivity index (χ4v) is 2.06. The molecule has 15 heavy (non-hydrogen) atoms. The van der Waals surface area contributed by atoms with E-state index in [-0.39, 0.29) is 6.04 Å². The van der Waals surface area contributed by atoms with E-state index in [2.05, 4.69) is 31.9 Å². The highest BCUT2D eigenvalue weighted by molar-refractivity contribution is 9.10. The molecule has 0 saturated carbocycles. The highest BCUT2D eigenvalue weighted by Crippen LogP contribution is 2.28. The standard InChI is InChI=1S/C11H9Br2NO/c12-8-3-1-7(2-4-8)10(14)11-9(13)5-6-15-11/h1-6,10H,14H2. The number of hydrogen-bond donors (Lipinski definition) is 1. The fourth-order valence-electron chi connectivity index (χ4n) is 1.35. The lowest BCUT2D eigenvalue weighted by Gasteiger charge is -2.09. The van der Waals surface area contributed by atoms with Crippen LogP contribution in [0.25, 0.3) is 0 Å². The molecule has 0 saturated heterocycles. The van der Waals surface area contributed by atoms with Crippen LogP contribution in [-0.2, 0) is 0 Å². The number of halogens is 2. The summed E-state index contributed by atoms with van der Waals surface area (Å²) in [5.41, 5.74) is 7.09. The molecule has 0 bridgehead atoms. The Morgan fingerprint density at radius 1 is 1.07 bits per heavy atom. The molecule has 78 valence electrons. The number of nitrogens with two attached hydrogens (primary N) is 1. The molecular formula is C11H9Br2NO. The predicted molar refractivity (Wildman–Crippen MR) is 66.6 cm³/mol. The maximum Gasteiger partial charge on any atom is 0.139 e. The number of benzene rings is 1. The van der Waals surface area contributed by atoms with Crippen molar-refractivity contribution in [1.29, 1.82) is 0 Å². The third kappa shape index (κ3) is 2.33. The Morgan fingerprint density at radius 2 is 1.73 bits per heavy atom. The van der Waals surface area contributed by atoms with Crippen LogP contribution in [0.1, 0.15) is 17.4 Å². The maximum atomic E-state index is 6.07. The van der Waals surface area contributed by atoms with Crippen molar-refractivity contribution in [3.8, 4) is 0 Å². The van der Waals surface area contributed by atoms with Gasteiger partial charge in [0.05, 0.1) is 16.8 Å². The zero-order chi connectivity index (χ0) is 10.8. The van der Waals surface area contributed by atoms with Gasteiger partial charge in [0.2, 0.25) is 0 Å². The largest absolute Gasteiger partial charge is 0.466 e. The molecule has 0 aliphatic heterocycles. The normalized spacial score (nSPS) is 12.7. The predicted octanol–water partition coefficient (Wildman–Crippen LogP) is 3.85. The van der Waals surface area contributed by atoms with Gasteiger partial charge in [-0.05, 0) is 39.7 Å². The zero-order valence-corrected chi connectivity index (χ0v) is 11.0. The van der Waals surface area contributed by atoms with Crippen LogP contribution in [0.15, 0.2) is 50.0 Å². The molecule has 1 heterocycles. The Hall–Kier alpha value is -0.580. The van der Waals surface area contributed by atoms with Gasteiger partial charge in [-0.1, -0.05) is 28.1 Å². The van der Waals surface area contributed by atoms with Crippen molar-refractivity contribution in [2.75, 3.05) is 0 Å². The first kappa shape index (κ1) is 10.9. The van der Waals surface area contributed by atoms with Gasteiger partial charge >= 0.3 is 0 Å². The first-order valence-electron chi connectivity index (χ1n) is 4.42. The minimum atomic E-state index is -0.234. The van der Waals surface area contributed by atoms with Gasteiger partial charge in [-0.15, -0.1) is 0 Å². The van der Waals surface area contributed by atoms with E-state index in [9.17, 15) is 0 Å². The van der Waals surface area contributed by atoms with Gasteiger partial charge in [0.25, 0.3) is 0 Å². The number of hydrogen-bond acceptors (Lipinski definition) is 2. The summed E-state index contributed by atoms with van der Waals surface area (Å²) in [6.07, 6.45) is 1.62. The molecule has 4 heteroatoms. The van der Waals surface area contributed by atoms with Crippen LogP contribution in [0.4, 0.5) is 0 Å². The van der Waals surface area contributed by atoms with Crippen molar-refractivity contribution in [3.05, 3.63) is 56.9 Å². The van der Waals surface area contributed by atoms with Gasteiger partial charge in [0.1, 0.15) is 5.76 Å². The monoisotopic (exact) mass is 329 g/mol. The minimum absolute atomic E-state index is 0.234. The van der Waals surface area contributed by atoms with E-state index >= 15 is 0 Å². The van der Waals surface area contributed by atoms with Crippen LogP contribution in [0, 0.1) is 0 Å². The Morgan fingerprint density at radius 3 is 2.27 bits per heavy atom. The van der Waals surface area contributed by atoms with E-state index in [0.29, 0.717) is 0 Å². The molecule has 2 aromatic rings. The number of rotatable bonds is 2. The topological polar surface area (TPSA) is 39.2 Å². The second-order valence-corrected chi connectivity index (χ2v) is 4.93. The van der Waals surface area contributed by atoms with Gasteiger partial charge in [-0.25, -0.2) is 0 Å². The molecule has 2 nitrogen and oxygen atoms in total. The van der Waals surface area contributed by atoms with Crippen LogP contribution < -0.4 is 5.73 Å². The Bertz CT molecular complexity index is 450. The van der Waals surface area contributed by atoms with Gasteiger partial charge in [0.15, 0.2) is 0 Å². The average Bonchev–Trinajstić information content (AvgIpc) is 2.65.